The lowest BCUT2D eigenvalue weighted by Crippen LogP contribution is -1.96. The fraction of sp³-hybridized carbons (Fsp3) is 0.167. The fourth-order valence-corrected chi connectivity index (χ4v) is 1.34. The summed E-state index contributed by atoms with van der Waals surface area (Å²) in [6.07, 6.45) is -2.85. The fourth-order valence-electron chi connectivity index (χ4n) is 0.631. The number of hydrogen-bond donors (Lipinski definition) is 0. The Balaban J connectivity index is 3.28. The van der Waals surface area contributed by atoms with Crippen LogP contribution in [0.3, 0.4) is 0 Å². The number of hydrogen-bond acceptors (Lipinski definition) is 1. The SMILES string of the molecule is Fc1cc(I)c(Cl)c(C(F)F)n1. The molecule has 0 saturated heterocycles. The van der Waals surface area contributed by atoms with Gasteiger partial charge in [0.25, 0.3) is 6.43 Å². The minimum atomic E-state index is -2.85. The molecule has 1 nitrogen and oxygen atoms in total. The predicted molar refractivity (Wildman–Crippen MR) is 46.9 cm³/mol. The molecule has 0 N–H and O–H groups in total. The zero-order valence-electron chi connectivity index (χ0n) is 5.49. The highest BCUT2D eigenvalue weighted by atomic mass is 127. The summed E-state index contributed by atoms with van der Waals surface area (Å²) in [4.78, 5) is 2.98. The Bertz CT molecular complexity index is 305. The van der Waals surface area contributed by atoms with Gasteiger partial charge in [-0.3, -0.25) is 0 Å². The highest BCUT2D eigenvalue weighted by Crippen LogP contribution is 2.29. The van der Waals surface area contributed by atoms with E-state index in [1.165, 1.54) is 0 Å². The van der Waals surface area contributed by atoms with Gasteiger partial charge in [-0.15, -0.1) is 0 Å². The first-order valence-corrected chi connectivity index (χ1v) is 4.27. The molecule has 0 aliphatic rings. The maximum Gasteiger partial charge on any atom is 0.281 e. The molecule has 1 aromatic heterocycles. The molecule has 1 aromatic rings. The molecule has 0 aromatic carbocycles. The molecule has 12 heavy (non-hydrogen) atoms. The Morgan fingerprint density at radius 2 is 2.08 bits per heavy atom. The number of alkyl halides is 2. The van der Waals surface area contributed by atoms with Crippen LogP contribution in [0.1, 0.15) is 12.1 Å². The van der Waals surface area contributed by atoms with Gasteiger partial charge in [0.05, 0.1) is 5.02 Å². The second-order valence-electron chi connectivity index (χ2n) is 1.93. The van der Waals surface area contributed by atoms with E-state index in [0.717, 1.165) is 6.07 Å². The standard InChI is InChI=1S/C6H2ClF3IN/c7-4-2(11)1-3(8)12-5(4)6(9)10/h1,6H. The van der Waals surface area contributed by atoms with Gasteiger partial charge in [-0.05, 0) is 22.6 Å². The van der Waals surface area contributed by atoms with Crippen molar-refractivity contribution in [2.24, 2.45) is 0 Å². The van der Waals surface area contributed by atoms with Gasteiger partial charge < -0.3 is 0 Å². The van der Waals surface area contributed by atoms with Crippen LogP contribution >= 0.6 is 34.2 Å². The van der Waals surface area contributed by atoms with Gasteiger partial charge in [-0.1, -0.05) is 11.6 Å². The van der Waals surface area contributed by atoms with Gasteiger partial charge in [0.1, 0.15) is 5.69 Å². The number of nitrogens with zero attached hydrogens (tertiary/aromatic N) is 1. The zero-order chi connectivity index (χ0) is 9.30. The van der Waals surface area contributed by atoms with E-state index in [2.05, 4.69) is 4.98 Å². The quantitative estimate of drug-likeness (QED) is 0.572. The lowest BCUT2D eigenvalue weighted by Gasteiger charge is -2.03. The Labute approximate surface area is 85.1 Å². The molecule has 0 aliphatic heterocycles. The molecule has 0 spiro atoms. The van der Waals surface area contributed by atoms with Crippen LogP contribution < -0.4 is 0 Å². The summed E-state index contributed by atoms with van der Waals surface area (Å²) in [5, 5.41) is -0.188. The van der Waals surface area contributed by atoms with Crippen molar-refractivity contribution >= 4 is 34.2 Å². The van der Waals surface area contributed by atoms with E-state index in [1.807, 2.05) is 0 Å². The molecule has 0 fully saturated rings. The number of pyridine rings is 1. The molecule has 0 radical (unpaired) electrons. The molecule has 0 saturated carbocycles. The summed E-state index contributed by atoms with van der Waals surface area (Å²) < 4.78 is 36.8. The van der Waals surface area contributed by atoms with Gasteiger partial charge in [0.2, 0.25) is 5.95 Å². The topological polar surface area (TPSA) is 12.9 Å². The van der Waals surface area contributed by atoms with Gasteiger partial charge in [-0.25, -0.2) is 13.8 Å². The number of rotatable bonds is 1. The first-order chi connectivity index (χ1) is 5.52. The minimum Gasteiger partial charge on any atom is -0.217 e. The van der Waals surface area contributed by atoms with Gasteiger partial charge in [-0.2, -0.15) is 4.39 Å². The third kappa shape index (κ3) is 2.01. The van der Waals surface area contributed by atoms with E-state index >= 15 is 0 Å². The van der Waals surface area contributed by atoms with Gasteiger partial charge in [0, 0.05) is 9.64 Å². The minimum absolute atomic E-state index is 0.188. The average Bonchev–Trinajstić information content (AvgIpc) is 1.96. The maximum absolute atomic E-state index is 12.5. The molecule has 0 aliphatic carbocycles. The molecule has 0 bridgehead atoms. The molecule has 0 unspecified atom stereocenters. The normalized spacial score (nSPS) is 10.8. The third-order valence-electron chi connectivity index (χ3n) is 1.11. The summed E-state index contributed by atoms with van der Waals surface area (Å²) in [6.45, 7) is 0. The van der Waals surface area contributed by atoms with Crippen molar-refractivity contribution in [3.8, 4) is 0 Å². The molecular weight excluding hydrogens is 305 g/mol. The molecule has 1 heterocycles. The largest absolute Gasteiger partial charge is 0.281 e. The van der Waals surface area contributed by atoms with E-state index < -0.39 is 18.1 Å². The highest BCUT2D eigenvalue weighted by Gasteiger charge is 2.17. The summed E-state index contributed by atoms with van der Waals surface area (Å²) in [6, 6.07) is 0.995. The van der Waals surface area contributed by atoms with Crippen molar-refractivity contribution in [1.29, 1.82) is 0 Å². The van der Waals surface area contributed by atoms with Crippen LogP contribution in [0.4, 0.5) is 13.2 Å². The van der Waals surface area contributed by atoms with Crippen LogP contribution in [0.5, 0.6) is 0 Å². The summed E-state index contributed by atoms with van der Waals surface area (Å²) >= 11 is 7.11. The number of halogens is 5. The Kier molecular flexibility index (Phi) is 3.16. The van der Waals surface area contributed by atoms with Crippen molar-refractivity contribution in [3.63, 3.8) is 0 Å². The summed E-state index contributed by atoms with van der Waals surface area (Å²) in [7, 11) is 0. The Morgan fingerprint density at radius 3 is 2.58 bits per heavy atom. The Morgan fingerprint density at radius 1 is 1.50 bits per heavy atom. The van der Waals surface area contributed by atoms with Crippen LogP contribution in [-0.4, -0.2) is 4.98 Å². The number of aromatic nitrogens is 1. The summed E-state index contributed by atoms with van der Waals surface area (Å²) in [5.41, 5.74) is -0.707. The van der Waals surface area contributed by atoms with Gasteiger partial charge >= 0.3 is 0 Å². The van der Waals surface area contributed by atoms with Crippen molar-refractivity contribution in [1.82, 2.24) is 4.98 Å². The molecule has 6 heteroatoms. The van der Waals surface area contributed by atoms with Crippen LogP contribution in [0.25, 0.3) is 0 Å². The molecule has 0 amide bonds. The molecular formula is C6H2ClF3IN. The Hall–Kier alpha value is -0.0400. The predicted octanol–water partition coefficient (Wildman–Crippen LogP) is 3.42. The van der Waals surface area contributed by atoms with Gasteiger partial charge in [0.15, 0.2) is 0 Å². The van der Waals surface area contributed by atoms with Crippen molar-refractivity contribution in [2.75, 3.05) is 0 Å². The second-order valence-corrected chi connectivity index (χ2v) is 3.47. The first kappa shape index (κ1) is 10.0. The molecule has 1 rings (SSSR count). The zero-order valence-corrected chi connectivity index (χ0v) is 8.41. The molecule has 66 valence electrons. The average molecular weight is 307 g/mol. The van der Waals surface area contributed by atoms with E-state index in [4.69, 9.17) is 11.6 Å². The van der Waals surface area contributed by atoms with E-state index in [9.17, 15) is 13.2 Å². The lowest BCUT2D eigenvalue weighted by molar-refractivity contribution is 0.145. The molecule has 0 atom stereocenters. The van der Waals surface area contributed by atoms with Crippen LogP contribution in [0.2, 0.25) is 5.02 Å². The monoisotopic (exact) mass is 307 g/mol. The third-order valence-corrected chi connectivity index (χ3v) is 2.68. The van der Waals surface area contributed by atoms with Crippen molar-refractivity contribution in [3.05, 3.63) is 26.3 Å². The highest BCUT2D eigenvalue weighted by molar-refractivity contribution is 14.1. The summed E-state index contributed by atoms with van der Waals surface area (Å²) in [5.74, 6) is -0.945. The lowest BCUT2D eigenvalue weighted by atomic mass is 10.3. The van der Waals surface area contributed by atoms with E-state index in [-0.39, 0.29) is 8.59 Å². The first-order valence-electron chi connectivity index (χ1n) is 2.82. The van der Waals surface area contributed by atoms with E-state index in [1.54, 1.807) is 22.6 Å². The maximum atomic E-state index is 12.5. The van der Waals surface area contributed by atoms with Crippen molar-refractivity contribution in [2.45, 2.75) is 6.43 Å². The van der Waals surface area contributed by atoms with Crippen LogP contribution in [0.15, 0.2) is 6.07 Å². The van der Waals surface area contributed by atoms with E-state index in [0.29, 0.717) is 0 Å². The second kappa shape index (κ2) is 3.78. The van der Waals surface area contributed by atoms with Crippen LogP contribution in [0, 0.1) is 9.52 Å². The van der Waals surface area contributed by atoms with Crippen molar-refractivity contribution < 1.29 is 13.2 Å². The smallest absolute Gasteiger partial charge is 0.217 e. The van der Waals surface area contributed by atoms with Crippen LogP contribution in [-0.2, 0) is 0 Å².